The van der Waals surface area contributed by atoms with Gasteiger partial charge in [-0.05, 0) is 49.2 Å². The number of benzene rings is 1. The summed E-state index contributed by atoms with van der Waals surface area (Å²) in [6, 6.07) is 12.1. The van der Waals surface area contributed by atoms with Crippen LogP contribution in [0.3, 0.4) is 0 Å². The third kappa shape index (κ3) is 2.57. The van der Waals surface area contributed by atoms with Crippen LogP contribution in [0.1, 0.15) is 24.6 Å². The number of nitrogens with zero attached hydrogens (tertiary/aromatic N) is 2. The average Bonchev–Trinajstić information content (AvgIpc) is 2.93. The van der Waals surface area contributed by atoms with E-state index in [9.17, 15) is 0 Å². The van der Waals surface area contributed by atoms with Gasteiger partial charge in [0.05, 0.1) is 18.0 Å². The first kappa shape index (κ1) is 14.6. The van der Waals surface area contributed by atoms with Crippen LogP contribution in [0, 0.1) is 6.92 Å². The monoisotopic (exact) mass is 295 g/mol. The van der Waals surface area contributed by atoms with E-state index in [-0.39, 0.29) is 0 Å². The SMILES string of the molecule is CCCOc1ccc(-c2nc3c(C)cccn3c2CN)cc1. The molecule has 3 rings (SSSR count). The minimum Gasteiger partial charge on any atom is -0.494 e. The van der Waals surface area contributed by atoms with Crippen LogP contribution >= 0.6 is 0 Å². The Morgan fingerprint density at radius 2 is 1.95 bits per heavy atom. The van der Waals surface area contributed by atoms with Crippen molar-refractivity contribution in [2.75, 3.05) is 6.61 Å². The van der Waals surface area contributed by atoms with Crippen LogP contribution in [-0.2, 0) is 6.54 Å². The largest absolute Gasteiger partial charge is 0.494 e. The maximum absolute atomic E-state index is 5.96. The average molecular weight is 295 g/mol. The van der Waals surface area contributed by atoms with Gasteiger partial charge in [-0.2, -0.15) is 0 Å². The summed E-state index contributed by atoms with van der Waals surface area (Å²) in [5.74, 6) is 0.889. The Morgan fingerprint density at radius 1 is 1.18 bits per heavy atom. The highest BCUT2D eigenvalue weighted by atomic mass is 16.5. The van der Waals surface area contributed by atoms with E-state index in [2.05, 4.69) is 24.3 Å². The summed E-state index contributed by atoms with van der Waals surface area (Å²) >= 11 is 0. The first-order chi connectivity index (χ1) is 10.7. The summed E-state index contributed by atoms with van der Waals surface area (Å²) in [6.45, 7) is 5.35. The van der Waals surface area contributed by atoms with Crippen LogP contribution in [0.25, 0.3) is 16.9 Å². The molecule has 0 amide bonds. The number of hydrogen-bond donors (Lipinski definition) is 1. The molecule has 3 aromatic rings. The smallest absolute Gasteiger partial charge is 0.140 e. The normalized spacial score (nSPS) is 11.0. The van der Waals surface area contributed by atoms with Gasteiger partial charge < -0.3 is 14.9 Å². The van der Waals surface area contributed by atoms with Crippen LogP contribution in [0.2, 0.25) is 0 Å². The minimum absolute atomic E-state index is 0.452. The first-order valence-corrected chi connectivity index (χ1v) is 7.64. The van der Waals surface area contributed by atoms with E-state index in [4.69, 9.17) is 15.5 Å². The lowest BCUT2D eigenvalue weighted by atomic mass is 10.1. The van der Waals surface area contributed by atoms with Crippen molar-refractivity contribution in [2.45, 2.75) is 26.8 Å². The van der Waals surface area contributed by atoms with E-state index in [0.29, 0.717) is 6.54 Å². The van der Waals surface area contributed by atoms with E-state index in [1.54, 1.807) is 0 Å². The molecule has 0 spiro atoms. The number of aromatic nitrogens is 2. The molecule has 0 bridgehead atoms. The van der Waals surface area contributed by atoms with Crippen molar-refractivity contribution < 1.29 is 4.74 Å². The van der Waals surface area contributed by atoms with Gasteiger partial charge in [-0.15, -0.1) is 0 Å². The summed E-state index contributed by atoms with van der Waals surface area (Å²) in [5, 5.41) is 0. The fraction of sp³-hybridized carbons (Fsp3) is 0.278. The lowest BCUT2D eigenvalue weighted by Gasteiger charge is -2.06. The fourth-order valence-electron chi connectivity index (χ4n) is 2.61. The number of nitrogens with two attached hydrogens (primary N) is 1. The van der Waals surface area contributed by atoms with Crippen LogP contribution in [0.5, 0.6) is 5.75 Å². The summed E-state index contributed by atoms with van der Waals surface area (Å²) in [4.78, 5) is 4.79. The van der Waals surface area contributed by atoms with Crippen molar-refractivity contribution in [3.63, 3.8) is 0 Å². The molecule has 0 aliphatic carbocycles. The van der Waals surface area contributed by atoms with Crippen molar-refractivity contribution >= 4 is 5.65 Å². The zero-order chi connectivity index (χ0) is 15.5. The van der Waals surface area contributed by atoms with Gasteiger partial charge >= 0.3 is 0 Å². The molecule has 22 heavy (non-hydrogen) atoms. The third-order valence-corrected chi connectivity index (χ3v) is 3.74. The summed E-state index contributed by atoms with van der Waals surface area (Å²) in [7, 11) is 0. The quantitative estimate of drug-likeness (QED) is 0.783. The predicted octanol–water partition coefficient (Wildman–Crippen LogP) is 3.56. The Bertz CT molecular complexity index is 775. The van der Waals surface area contributed by atoms with Gasteiger partial charge in [0.15, 0.2) is 0 Å². The number of hydrogen-bond acceptors (Lipinski definition) is 3. The summed E-state index contributed by atoms with van der Waals surface area (Å²) < 4.78 is 7.71. The Morgan fingerprint density at radius 3 is 2.64 bits per heavy atom. The zero-order valence-corrected chi connectivity index (χ0v) is 13.0. The molecule has 2 aromatic heterocycles. The van der Waals surface area contributed by atoms with Crippen molar-refractivity contribution in [2.24, 2.45) is 5.73 Å². The van der Waals surface area contributed by atoms with Crippen LogP contribution in [-0.4, -0.2) is 16.0 Å². The number of fused-ring (bicyclic) bond motifs is 1. The molecule has 114 valence electrons. The van der Waals surface area contributed by atoms with Gasteiger partial charge in [-0.1, -0.05) is 13.0 Å². The summed E-state index contributed by atoms with van der Waals surface area (Å²) in [5.41, 5.74) is 11.1. The number of imidazole rings is 1. The molecule has 0 unspecified atom stereocenters. The Balaban J connectivity index is 2.04. The second-order valence-corrected chi connectivity index (χ2v) is 5.37. The molecule has 4 heteroatoms. The van der Waals surface area contributed by atoms with E-state index in [1.807, 2.05) is 36.5 Å². The second-order valence-electron chi connectivity index (χ2n) is 5.37. The molecule has 0 saturated carbocycles. The molecular formula is C18H21N3O. The Labute approximate surface area is 130 Å². The van der Waals surface area contributed by atoms with Crippen LogP contribution in [0.4, 0.5) is 0 Å². The highest BCUT2D eigenvalue weighted by Crippen LogP contribution is 2.27. The molecule has 0 radical (unpaired) electrons. The van der Waals surface area contributed by atoms with E-state index >= 15 is 0 Å². The van der Waals surface area contributed by atoms with E-state index < -0.39 is 0 Å². The maximum atomic E-state index is 5.96. The van der Waals surface area contributed by atoms with Crippen LogP contribution < -0.4 is 10.5 Å². The topological polar surface area (TPSA) is 52.5 Å². The highest BCUT2D eigenvalue weighted by Gasteiger charge is 2.13. The van der Waals surface area contributed by atoms with E-state index in [0.717, 1.165) is 46.9 Å². The minimum atomic E-state index is 0.452. The van der Waals surface area contributed by atoms with Gasteiger partial charge in [0, 0.05) is 18.3 Å². The van der Waals surface area contributed by atoms with Gasteiger partial charge in [-0.25, -0.2) is 4.98 Å². The summed E-state index contributed by atoms with van der Waals surface area (Å²) in [6.07, 6.45) is 3.02. The van der Waals surface area contributed by atoms with Gasteiger partial charge in [0.1, 0.15) is 11.4 Å². The number of pyridine rings is 1. The Hall–Kier alpha value is -2.33. The van der Waals surface area contributed by atoms with E-state index in [1.165, 1.54) is 0 Å². The third-order valence-electron chi connectivity index (χ3n) is 3.74. The molecule has 0 aliphatic heterocycles. The van der Waals surface area contributed by atoms with Crippen molar-refractivity contribution in [3.8, 4) is 17.0 Å². The number of ether oxygens (including phenoxy) is 1. The fourth-order valence-corrected chi connectivity index (χ4v) is 2.61. The van der Waals surface area contributed by atoms with Crippen molar-refractivity contribution in [1.82, 2.24) is 9.38 Å². The van der Waals surface area contributed by atoms with Gasteiger partial charge in [0.25, 0.3) is 0 Å². The number of rotatable bonds is 5. The molecular weight excluding hydrogens is 274 g/mol. The predicted molar refractivity (Wildman–Crippen MR) is 89.0 cm³/mol. The lowest BCUT2D eigenvalue weighted by Crippen LogP contribution is -2.02. The number of aryl methyl sites for hydroxylation is 1. The lowest BCUT2D eigenvalue weighted by molar-refractivity contribution is 0.317. The molecule has 1 aromatic carbocycles. The molecule has 0 aliphatic rings. The molecule has 2 heterocycles. The molecule has 0 fully saturated rings. The first-order valence-electron chi connectivity index (χ1n) is 7.64. The highest BCUT2D eigenvalue weighted by molar-refractivity contribution is 5.68. The van der Waals surface area contributed by atoms with Gasteiger partial charge in [0.2, 0.25) is 0 Å². The maximum Gasteiger partial charge on any atom is 0.140 e. The molecule has 4 nitrogen and oxygen atoms in total. The molecule has 0 atom stereocenters. The second kappa shape index (κ2) is 6.20. The van der Waals surface area contributed by atoms with Crippen LogP contribution in [0.15, 0.2) is 42.6 Å². The zero-order valence-electron chi connectivity index (χ0n) is 13.0. The van der Waals surface area contributed by atoms with Crippen molar-refractivity contribution in [1.29, 1.82) is 0 Å². The Kier molecular flexibility index (Phi) is 4.11. The standard InChI is InChI=1S/C18H21N3O/c1-3-11-22-15-8-6-14(7-9-15)17-16(12-19)21-10-4-5-13(2)18(21)20-17/h4-10H,3,11-12,19H2,1-2H3. The van der Waals surface area contributed by atoms with Crippen molar-refractivity contribution in [3.05, 3.63) is 53.9 Å². The molecule has 2 N–H and O–H groups in total. The van der Waals surface area contributed by atoms with Gasteiger partial charge in [-0.3, -0.25) is 0 Å². The molecule has 0 saturated heterocycles.